The molecule has 0 saturated heterocycles. The van der Waals surface area contributed by atoms with Crippen LogP contribution in [0.25, 0.3) is 0 Å². The van der Waals surface area contributed by atoms with E-state index in [0.29, 0.717) is 5.54 Å². The van der Waals surface area contributed by atoms with Crippen molar-refractivity contribution in [3.8, 4) is 0 Å². The average Bonchev–Trinajstić information content (AvgIpc) is 2.75. The van der Waals surface area contributed by atoms with Gasteiger partial charge in [0.1, 0.15) is 0 Å². The first-order valence-electron chi connectivity index (χ1n) is 6.16. The largest absolute Gasteiger partial charge is 0.392 e. The maximum atomic E-state index is 8.96. The van der Waals surface area contributed by atoms with Gasteiger partial charge in [0, 0.05) is 12.1 Å². The lowest BCUT2D eigenvalue weighted by Gasteiger charge is -2.25. The highest BCUT2D eigenvalue weighted by molar-refractivity contribution is 5.22. The lowest BCUT2D eigenvalue weighted by atomic mass is 10.00. The van der Waals surface area contributed by atoms with Gasteiger partial charge in [-0.05, 0) is 30.9 Å². The minimum absolute atomic E-state index is 0.130. The molecule has 1 saturated carbocycles. The molecule has 0 heterocycles. The van der Waals surface area contributed by atoms with Crippen molar-refractivity contribution in [2.45, 2.75) is 51.3 Å². The van der Waals surface area contributed by atoms with Crippen LogP contribution in [0.15, 0.2) is 24.3 Å². The molecule has 2 N–H and O–H groups in total. The quantitative estimate of drug-likeness (QED) is 0.816. The SMILES string of the molecule is CC1(NCc2ccc(CO)cc2)CCCC1. The van der Waals surface area contributed by atoms with E-state index >= 15 is 0 Å². The summed E-state index contributed by atoms with van der Waals surface area (Å²) < 4.78 is 0. The average molecular weight is 219 g/mol. The van der Waals surface area contributed by atoms with E-state index in [2.05, 4.69) is 24.4 Å². The molecule has 2 rings (SSSR count). The molecule has 1 aromatic carbocycles. The van der Waals surface area contributed by atoms with Crippen molar-refractivity contribution in [3.63, 3.8) is 0 Å². The molecule has 0 atom stereocenters. The Kier molecular flexibility index (Phi) is 3.62. The van der Waals surface area contributed by atoms with Gasteiger partial charge in [0.2, 0.25) is 0 Å². The minimum atomic E-state index is 0.130. The van der Waals surface area contributed by atoms with Gasteiger partial charge in [0.15, 0.2) is 0 Å². The summed E-state index contributed by atoms with van der Waals surface area (Å²) in [6, 6.07) is 8.18. The molecule has 2 heteroatoms. The first kappa shape index (κ1) is 11.6. The predicted molar refractivity (Wildman–Crippen MR) is 66.1 cm³/mol. The van der Waals surface area contributed by atoms with Crippen LogP contribution in [0.4, 0.5) is 0 Å². The Bertz CT molecular complexity index is 325. The van der Waals surface area contributed by atoms with Crippen LogP contribution in [0, 0.1) is 0 Å². The third-order valence-corrected chi connectivity index (χ3v) is 3.63. The van der Waals surface area contributed by atoms with Gasteiger partial charge < -0.3 is 10.4 Å². The van der Waals surface area contributed by atoms with E-state index in [1.54, 1.807) is 0 Å². The topological polar surface area (TPSA) is 32.3 Å². The van der Waals surface area contributed by atoms with E-state index in [1.807, 2.05) is 12.1 Å². The molecule has 0 unspecified atom stereocenters. The van der Waals surface area contributed by atoms with Crippen LogP contribution in [-0.4, -0.2) is 10.6 Å². The van der Waals surface area contributed by atoms with Crippen LogP contribution in [0.3, 0.4) is 0 Å². The van der Waals surface area contributed by atoms with Crippen molar-refractivity contribution >= 4 is 0 Å². The van der Waals surface area contributed by atoms with Gasteiger partial charge in [-0.2, -0.15) is 0 Å². The van der Waals surface area contributed by atoms with Crippen molar-refractivity contribution < 1.29 is 5.11 Å². The number of hydrogen-bond acceptors (Lipinski definition) is 2. The highest BCUT2D eigenvalue weighted by Crippen LogP contribution is 2.29. The molecule has 2 nitrogen and oxygen atoms in total. The van der Waals surface area contributed by atoms with Crippen LogP contribution in [0.5, 0.6) is 0 Å². The molecule has 0 aromatic heterocycles. The molecule has 0 radical (unpaired) electrons. The smallest absolute Gasteiger partial charge is 0.0681 e. The molecule has 1 aliphatic carbocycles. The fourth-order valence-corrected chi connectivity index (χ4v) is 2.41. The van der Waals surface area contributed by atoms with E-state index in [4.69, 9.17) is 5.11 Å². The van der Waals surface area contributed by atoms with Crippen molar-refractivity contribution in [2.75, 3.05) is 0 Å². The summed E-state index contributed by atoms with van der Waals surface area (Å²) in [4.78, 5) is 0. The second-order valence-electron chi connectivity index (χ2n) is 5.10. The number of nitrogens with one attached hydrogen (secondary N) is 1. The fourth-order valence-electron chi connectivity index (χ4n) is 2.41. The monoisotopic (exact) mass is 219 g/mol. The number of aliphatic hydroxyl groups excluding tert-OH is 1. The molecule has 1 fully saturated rings. The minimum Gasteiger partial charge on any atom is -0.392 e. The zero-order valence-corrected chi connectivity index (χ0v) is 10.00. The van der Waals surface area contributed by atoms with Crippen molar-refractivity contribution in [2.24, 2.45) is 0 Å². The summed E-state index contributed by atoms with van der Waals surface area (Å²) in [7, 11) is 0. The maximum Gasteiger partial charge on any atom is 0.0681 e. The molecular formula is C14H21NO. The maximum absolute atomic E-state index is 8.96. The molecule has 0 amide bonds. The number of rotatable bonds is 4. The standard InChI is InChI=1S/C14H21NO/c1-14(8-2-3-9-14)15-10-12-4-6-13(11-16)7-5-12/h4-7,15-16H,2-3,8-11H2,1H3. The Morgan fingerprint density at radius 1 is 1.12 bits per heavy atom. The molecule has 0 spiro atoms. The van der Waals surface area contributed by atoms with Crippen LogP contribution < -0.4 is 5.32 Å². The van der Waals surface area contributed by atoms with Gasteiger partial charge in [0.05, 0.1) is 6.61 Å². The number of aliphatic hydroxyl groups is 1. The lowest BCUT2D eigenvalue weighted by Crippen LogP contribution is -2.38. The van der Waals surface area contributed by atoms with Crippen LogP contribution in [0.1, 0.15) is 43.7 Å². The molecule has 88 valence electrons. The Labute approximate surface area is 97.7 Å². The van der Waals surface area contributed by atoms with E-state index in [0.717, 1.165) is 12.1 Å². The van der Waals surface area contributed by atoms with E-state index in [-0.39, 0.29) is 6.61 Å². The fraction of sp³-hybridized carbons (Fsp3) is 0.571. The van der Waals surface area contributed by atoms with Crippen molar-refractivity contribution in [1.82, 2.24) is 5.32 Å². The highest BCUT2D eigenvalue weighted by Gasteiger charge is 2.27. The van der Waals surface area contributed by atoms with E-state index < -0.39 is 0 Å². The van der Waals surface area contributed by atoms with Gasteiger partial charge in [-0.15, -0.1) is 0 Å². The Balaban J connectivity index is 1.89. The van der Waals surface area contributed by atoms with Gasteiger partial charge in [0.25, 0.3) is 0 Å². The third-order valence-electron chi connectivity index (χ3n) is 3.63. The first-order chi connectivity index (χ1) is 7.72. The van der Waals surface area contributed by atoms with Gasteiger partial charge in [-0.1, -0.05) is 37.1 Å². The Morgan fingerprint density at radius 2 is 1.69 bits per heavy atom. The summed E-state index contributed by atoms with van der Waals surface area (Å²) in [6.07, 6.45) is 5.29. The van der Waals surface area contributed by atoms with E-state index in [9.17, 15) is 0 Å². The van der Waals surface area contributed by atoms with E-state index in [1.165, 1.54) is 31.2 Å². The lowest BCUT2D eigenvalue weighted by molar-refractivity contribution is 0.282. The molecule has 16 heavy (non-hydrogen) atoms. The van der Waals surface area contributed by atoms with Gasteiger partial charge in [-0.3, -0.25) is 0 Å². The summed E-state index contributed by atoms with van der Waals surface area (Å²) >= 11 is 0. The van der Waals surface area contributed by atoms with Gasteiger partial charge >= 0.3 is 0 Å². The Hall–Kier alpha value is -0.860. The summed E-state index contributed by atoms with van der Waals surface area (Å²) in [5.74, 6) is 0. The number of hydrogen-bond donors (Lipinski definition) is 2. The third kappa shape index (κ3) is 2.83. The summed E-state index contributed by atoms with van der Waals surface area (Å²) in [5.41, 5.74) is 2.62. The normalized spacial score (nSPS) is 18.9. The summed E-state index contributed by atoms with van der Waals surface area (Å²) in [5, 5.41) is 12.6. The summed E-state index contributed by atoms with van der Waals surface area (Å²) in [6.45, 7) is 3.38. The molecule has 1 aliphatic rings. The second kappa shape index (κ2) is 4.98. The van der Waals surface area contributed by atoms with Crippen LogP contribution in [-0.2, 0) is 13.2 Å². The highest BCUT2D eigenvalue weighted by atomic mass is 16.3. The predicted octanol–water partition coefficient (Wildman–Crippen LogP) is 2.60. The Morgan fingerprint density at radius 3 is 2.25 bits per heavy atom. The molecule has 0 bridgehead atoms. The zero-order chi connectivity index (χ0) is 11.4. The molecule has 1 aromatic rings. The zero-order valence-electron chi connectivity index (χ0n) is 10.00. The van der Waals surface area contributed by atoms with Crippen molar-refractivity contribution in [1.29, 1.82) is 0 Å². The second-order valence-corrected chi connectivity index (χ2v) is 5.10. The first-order valence-corrected chi connectivity index (χ1v) is 6.16. The van der Waals surface area contributed by atoms with Crippen LogP contribution in [0.2, 0.25) is 0 Å². The molecule has 0 aliphatic heterocycles. The van der Waals surface area contributed by atoms with Crippen molar-refractivity contribution in [3.05, 3.63) is 35.4 Å². The number of benzene rings is 1. The van der Waals surface area contributed by atoms with Gasteiger partial charge in [-0.25, -0.2) is 0 Å². The van der Waals surface area contributed by atoms with Crippen LogP contribution >= 0.6 is 0 Å². The molecular weight excluding hydrogens is 198 g/mol.